The maximum absolute atomic E-state index is 11.6. The van der Waals surface area contributed by atoms with Gasteiger partial charge in [0, 0.05) is 30.9 Å². The number of anilines is 2. The second-order valence-electron chi connectivity index (χ2n) is 4.66. The fourth-order valence-corrected chi connectivity index (χ4v) is 1.90. The molecule has 1 aliphatic rings. The fraction of sp³-hybridized carbons (Fsp3) is 0.462. The van der Waals surface area contributed by atoms with E-state index in [-0.39, 0.29) is 11.8 Å². The van der Waals surface area contributed by atoms with Crippen LogP contribution in [0.4, 0.5) is 11.4 Å². The van der Waals surface area contributed by atoms with E-state index in [0.29, 0.717) is 0 Å². The summed E-state index contributed by atoms with van der Waals surface area (Å²) in [6, 6.07) is 6.15. The molecule has 0 aliphatic carbocycles. The van der Waals surface area contributed by atoms with E-state index in [4.69, 9.17) is 0 Å². The minimum absolute atomic E-state index is 0.0194. The van der Waals surface area contributed by atoms with Crippen molar-refractivity contribution in [2.75, 3.05) is 23.8 Å². The summed E-state index contributed by atoms with van der Waals surface area (Å²) < 4.78 is 0. The van der Waals surface area contributed by atoms with Gasteiger partial charge >= 0.3 is 0 Å². The molecular weight excluding hydrogens is 200 g/mol. The van der Waals surface area contributed by atoms with Crippen LogP contribution < -0.4 is 10.2 Å². The van der Waals surface area contributed by atoms with Crippen LogP contribution in [0.2, 0.25) is 0 Å². The Morgan fingerprint density at radius 3 is 2.88 bits per heavy atom. The number of carbonyl (C=O) groups is 1. The predicted octanol–water partition coefficient (Wildman–Crippen LogP) is 2.27. The maximum Gasteiger partial charge on any atom is 0.226 e. The number of nitrogens with one attached hydrogen (secondary N) is 1. The Morgan fingerprint density at radius 2 is 2.19 bits per heavy atom. The Bertz CT molecular complexity index is 412. The largest absolute Gasteiger partial charge is 0.374 e. The van der Waals surface area contributed by atoms with Crippen molar-refractivity contribution in [3.8, 4) is 0 Å². The van der Waals surface area contributed by atoms with E-state index >= 15 is 0 Å². The van der Waals surface area contributed by atoms with Crippen LogP contribution in [-0.2, 0) is 11.2 Å². The predicted molar refractivity (Wildman–Crippen MR) is 66.9 cm³/mol. The average Bonchev–Trinajstić information content (AvgIpc) is 2.60. The van der Waals surface area contributed by atoms with E-state index in [0.717, 1.165) is 18.7 Å². The van der Waals surface area contributed by atoms with Gasteiger partial charge in [-0.05, 0) is 24.1 Å². The lowest BCUT2D eigenvalue weighted by Crippen LogP contribution is -2.18. The van der Waals surface area contributed by atoms with Crippen LogP contribution >= 0.6 is 0 Å². The number of amides is 1. The number of carbonyl (C=O) groups excluding carboxylic acids is 1. The maximum atomic E-state index is 11.6. The number of nitrogens with zero attached hydrogens (tertiary/aromatic N) is 1. The van der Waals surface area contributed by atoms with Crippen molar-refractivity contribution in [3.05, 3.63) is 23.8 Å². The van der Waals surface area contributed by atoms with Crippen LogP contribution in [0.25, 0.3) is 0 Å². The molecule has 0 saturated heterocycles. The third-order valence-electron chi connectivity index (χ3n) is 3.01. The molecule has 0 atom stereocenters. The van der Waals surface area contributed by atoms with E-state index in [2.05, 4.69) is 29.4 Å². The number of fused-ring (bicyclic) bond motifs is 1. The van der Waals surface area contributed by atoms with Gasteiger partial charge in [0.25, 0.3) is 0 Å². The van der Waals surface area contributed by atoms with Gasteiger partial charge in [0.15, 0.2) is 0 Å². The molecule has 1 aromatic rings. The van der Waals surface area contributed by atoms with Crippen molar-refractivity contribution in [1.29, 1.82) is 0 Å². The van der Waals surface area contributed by atoms with Crippen LogP contribution in [-0.4, -0.2) is 19.5 Å². The van der Waals surface area contributed by atoms with Gasteiger partial charge in [-0.1, -0.05) is 19.9 Å². The summed E-state index contributed by atoms with van der Waals surface area (Å²) in [7, 11) is 2.08. The Morgan fingerprint density at radius 1 is 1.44 bits per heavy atom. The summed E-state index contributed by atoms with van der Waals surface area (Å²) in [6.45, 7) is 4.86. The minimum atomic E-state index is 0.0194. The van der Waals surface area contributed by atoms with Gasteiger partial charge in [0.05, 0.1) is 0 Å². The monoisotopic (exact) mass is 218 g/mol. The zero-order chi connectivity index (χ0) is 11.7. The molecule has 0 saturated carbocycles. The van der Waals surface area contributed by atoms with Crippen molar-refractivity contribution in [2.24, 2.45) is 5.92 Å². The second kappa shape index (κ2) is 4.16. The fourth-order valence-electron chi connectivity index (χ4n) is 1.90. The van der Waals surface area contributed by atoms with Crippen LogP contribution in [0.3, 0.4) is 0 Å². The molecule has 1 heterocycles. The Hall–Kier alpha value is -1.51. The topological polar surface area (TPSA) is 32.3 Å². The first-order valence-corrected chi connectivity index (χ1v) is 5.73. The molecule has 3 nitrogen and oxygen atoms in total. The molecule has 1 amide bonds. The first-order valence-electron chi connectivity index (χ1n) is 5.73. The molecule has 3 heteroatoms. The third kappa shape index (κ3) is 2.03. The highest BCUT2D eigenvalue weighted by molar-refractivity contribution is 5.92. The molecule has 16 heavy (non-hydrogen) atoms. The highest BCUT2D eigenvalue weighted by atomic mass is 16.1. The summed E-state index contributed by atoms with van der Waals surface area (Å²) >= 11 is 0. The van der Waals surface area contributed by atoms with Gasteiger partial charge in [-0.2, -0.15) is 0 Å². The second-order valence-corrected chi connectivity index (χ2v) is 4.66. The molecule has 1 aromatic carbocycles. The normalized spacial score (nSPS) is 14.1. The molecule has 0 spiro atoms. The van der Waals surface area contributed by atoms with E-state index in [1.807, 2.05) is 19.9 Å². The summed E-state index contributed by atoms with van der Waals surface area (Å²) in [5, 5.41) is 2.93. The van der Waals surface area contributed by atoms with Crippen LogP contribution in [0.1, 0.15) is 19.4 Å². The van der Waals surface area contributed by atoms with Crippen LogP contribution in [0.15, 0.2) is 18.2 Å². The molecule has 0 unspecified atom stereocenters. The van der Waals surface area contributed by atoms with Gasteiger partial charge in [-0.15, -0.1) is 0 Å². The third-order valence-corrected chi connectivity index (χ3v) is 3.01. The minimum Gasteiger partial charge on any atom is -0.374 e. The number of hydrogen-bond donors (Lipinski definition) is 1. The van der Waals surface area contributed by atoms with Gasteiger partial charge < -0.3 is 10.2 Å². The van der Waals surface area contributed by atoms with Gasteiger partial charge in [-0.3, -0.25) is 4.79 Å². The van der Waals surface area contributed by atoms with Crippen molar-refractivity contribution in [1.82, 2.24) is 0 Å². The molecule has 0 bridgehead atoms. The molecule has 0 radical (unpaired) electrons. The van der Waals surface area contributed by atoms with Gasteiger partial charge in [0.1, 0.15) is 0 Å². The summed E-state index contributed by atoms with van der Waals surface area (Å²) in [5.74, 6) is 0.0894. The van der Waals surface area contributed by atoms with Crippen molar-refractivity contribution < 1.29 is 4.79 Å². The Labute approximate surface area is 96.5 Å². The SMILES string of the molecule is CC(C)C(=O)Nc1ccc2c(c1)N(C)CC2. The molecule has 0 aromatic heterocycles. The highest BCUT2D eigenvalue weighted by Crippen LogP contribution is 2.29. The molecule has 1 aliphatic heterocycles. The van der Waals surface area contributed by atoms with Gasteiger partial charge in [0.2, 0.25) is 5.91 Å². The smallest absolute Gasteiger partial charge is 0.226 e. The highest BCUT2D eigenvalue weighted by Gasteiger charge is 2.16. The molecule has 1 N–H and O–H groups in total. The summed E-state index contributed by atoms with van der Waals surface area (Å²) in [5.41, 5.74) is 3.50. The standard InChI is InChI=1S/C13H18N2O/c1-9(2)13(16)14-11-5-4-10-6-7-15(3)12(10)8-11/h4-5,8-9H,6-7H2,1-3H3,(H,14,16). The summed E-state index contributed by atoms with van der Waals surface area (Å²) in [6.07, 6.45) is 1.10. The van der Waals surface area contributed by atoms with E-state index in [1.165, 1.54) is 11.3 Å². The van der Waals surface area contributed by atoms with Gasteiger partial charge in [-0.25, -0.2) is 0 Å². The summed E-state index contributed by atoms with van der Waals surface area (Å²) in [4.78, 5) is 13.8. The molecule has 2 rings (SSSR count). The zero-order valence-electron chi connectivity index (χ0n) is 10.1. The lowest BCUT2D eigenvalue weighted by Gasteiger charge is -2.14. The quantitative estimate of drug-likeness (QED) is 0.826. The Balaban J connectivity index is 2.18. The van der Waals surface area contributed by atoms with Crippen LogP contribution in [0, 0.1) is 5.92 Å². The van der Waals surface area contributed by atoms with E-state index in [1.54, 1.807) is 0 Å². The number of hydrogen-bond acceptors (Lipinski definition) is 2. The van der Waals surface area contributed by atoms with Crippen molar-refractivity contribution in [2.45, 2.75) is 20.3 Å². The molecular formula is C13H18N2O. The number of rotatable bonds is 2. The van der Waals surface area contributed by atoms with Crippen molar-refractivity contribution in [3.63, 3.8) is 0 Å². The van der Waals surface area contributed by atoms with Crippen molar-refractivity contribution >= 4 is 17.3 Å². The molecule has 0 fully saturated rings. The van der Waals surface area contributed by atoms with E-state index in [9.17, 15) is 4.79 Å². The zero-order valence-corrected chi connectivity index (χ0v) is 10.1. The first-order chi connectivity index (χ1) is 7.58. The Kier molecular flexibility index (Phi) is 2.86. The molecule has 86 valence electrons. The van der Waals surface area contributed by atoms with Crippen LogP contribution in [0.5, 0.6) is 0 Å². The number of likely N-dealkylation sites (N-methyl/N-ethyl adjacent to an activating group) is 1. The lowest BCUT2D eigenvalue weighted by atomic mass is 10.1. The van der Waals surface area contributed by atoms with E-state index < -0.39 is 0 Å². The average molecular weight is 218 g/mol. The first kappa shape index (κ1) is 11.0. The lowest BCUT2D eigenvalue weighted by molar-refractivity contribution is -0.118. The number of benzene rings is 1.